The van der Waals surface area contributed by atoms with Crippen LogP contribution in [0.4, 0.5) is 0 Å². The van der Waals surface area contributed by atoms with Crippen LogP contribution < -0.4 is 14.8 Å². The fourth-order valence-corrected chi connectivity index (χ4v) is 2.23. The third-order valence-corrected chi connectivity index (χ3v) is 3.38. The number of hydrogen-bond donors (Lipinski definition) is 2. The maximum Gasteiger partial charge on any atom is 0.338 e. The number of amides is 1. The molecule has 0 aliphatic heterocycles. The largest absolute Gasteiger partial charge is 0.490 e. The van der Waals surface area contributed by atoms with E-state index in [2.05, 4.69) is 5.32 Å². The zero-order valence-corrected chi connectivity index (χ0v) is 14.2. The summed E-state index contributed by atoms with van der Waals surface area (Å²) >= 11 is 0. The quantitative estimate of drug-likeness (QED) is 0.724. The Morgan fingerprint density at radius 2 is 1.84 bits per heavy atom. The van der Waals surface area contributed by atoms with E-state index < -0.39 is 11.9 Å². The van der Waals surface area contributed by atoms with Crippen molar-refractivity contribution in [3.8, 4) is 11.5 Å². The Bertz CT molecular complexity index is 737. The molecule has 7 heteroatoms. The number of carbonyl (C=O) groups excluding carboxylic acids is 1. The Balaban J connectivity index is 1.93. The van der Waals surface area contributed by atoms with Crippen molar-refractivity contribution in [3.63, 3.8) is 0 Å². The SMILES string of the molecule is CCOc1ccc(CCNC(=O)c2cc(C(=O)O)co2)cc1OCC. The molecule has 0 saturated carbocycles. The molecule has 2 N–H and O–H groups in total. The van der Waals surface area contributed by atoms with Gasteiger partial charge < -0.3 is 24.3 Å². The molecule has 7 nitrogen and oxygen atoms in total. The number of nitrogens with one attached hydrogen (secondary N) is 1. The summed E-state index contributed by atoms with van der Waals surface area (Å²) in [6.45, 7) is 5.27. The number of ether oxygens (including phenoxy) is 2. The van der Waals surface area contributed by atoms with Gasteiger partial charge in [0.05, 0.1) is 18.8 Å². The Hall–Kier alpha value is -2.96. The molecule has 0 aliphatic rings. The molecule has 0 bridgehead atoms. The van der Waals surface area contributed by atoms with Crippen molar-refractivity contribution in [3.05, 3.63) is 47.4 Å². The van der Waals surface area contributed by atoms with E-state index in [0.717, 1.165) is 11.8 Å². The molecule has 2 aromatic rings. The van der Waals surface area contributed by atoms with Crippen LogP contribution in [-0.4, -0.2) is 36.7 Å². The lowest BCUT2D eigenvalue weighted by Crippen LogP contribution is -2.25. The number of carboxylic acid groups (broad SMARTS) is 1. The van der Waals surface area contributed by atoms with E-state index in [1.54, 1.807) is 0 Å². The van der Waals surface area contributed by atoms with Crippen LogP contribution >= 0.6 is 0 Å². The number of benzene rings is 1. The van der Waals surface area contributed by atoms with Crippen molar-refractivity contribution < 1.29 is 28.6 Å². The number of carboxylic acids is 1. The first kappa shape index (κ1) is 18.4. The van der Waals surface area contributed by atoms with Gasteiger partial charge in [-0.25, -0.2) is 4.79 Å². The van der Waals surface area contributed by atoms with Gasteiger partial charge in [-0.3, -0.25) is 4.79 Å². The van der Waals surface area contributed by atoms with Gasteiger partial charge in [0.25, 0.3) is 5.91 Å². The highest BCUT2D eigenvalue weighted by Crippen LogP contribution is 2.28. The molecule has 1 amide bonds. The van der Waals surface area contributed by atoms with E-state index in [-0.39, 0.29) is 11.3 Å². The average Bonchev–Trinajstić information content (AvgIpc) is 3.08. The third-order valence-electron chi connectivity index (χ3n) is 3.38. The zero-order chi connectivity index (χ0) is 18.2. The number of hydrogen-bond acceptors (Lipinski definition) is 5. The van der Waals surface area contributed by atoms with Crippen LogP contribution in [0.2, 0.25) is 0 Å². The monoisotopic (exact) mass is 347 g/mol. The van der Waals surface area contributed by atoms with Gasteiger partial charge in [0.1, 0.15) is 6.26 Å². The second kappa shape index (κ2) is 8.77. The van der Waals surface area contributed by atoms with Crippen molar-refractivity contribution in [2.75, 3.05) is 19.8 Å². The average molecular weight is 347 g/mol. The smallest absolute Gasteiger partial charge is 0.338 e. The molecule has 0 spiro atoms. The molecule has 134 valence electrons. The summed E-state index contributed by atoms with van der Waals surface area (Å²) in [4.78, 5) is 22.7. The molecule has 0 radical (unpaired) electrons. The third kappa shape index (κ3) is 5.00. The zero-order valence-electron chi connectivity index (χ0n) is 14.2. The number of carbonyl (C=O) groups is 2. The lowest BCUT2D eigenvalue weighted by molar-refractivity contribution is 0.0695. The predicted octanol–water partition coefficient (Wildman–Crippen LogP) is 2.75. The summed E-state index contributed by atoms with van der Waals surface area (Å²) in [6.07, 6.45) is 1.63. The van der Waals surface area contributed by atoms with E-state index >= 15 is 0 Å². The maximum absolute atomic E-state index is 11.9. The maximum atomic E-state index is 11.9. The molecule has 25 heavy (non-hydrogen) atoms. The van der Waals surface area contributed by atoms with E-state index in [0.29, 0.717) is 37.7 Å². The first-order chi connectivity index (χ1) is 12.0. The predicted molar refractivity (Wildman–Crippen MR) is 90.5 cm³/mol. The topological polar surface area (TPSA) is 98.0 Å². The van der Waals surface area contributed by atoms with Gasteiger partial charge in [-0.1, -0.05) is 6.07 Å². The van der Waals surface area contributed by atoms with Gasteiger partial charge in [0.15, 0.2) is 17.3 Å². The van der Waals surface area contributed by atoms with Crippen molar-refractivity contribution in [1.29, 1.82) is 0 Å². The molecule has 1 heterocycles. The summed E-state index contributed by atoms with van der Waals surface area (Å²) in [7, 11) is 0. The van der Waals surface area contributed by atoms with Crippen LogP contribution in [0, 0.1) is 0 Å². The summed E-state index contributed by atoms with van der Waals surface area (Å²) in [5.41, 5.74) is 0.927. The molecular formula is C18H21NO6. The van der Waals surface area contributed by atoms with Gasteiger partial charge in [0.2, 0.25) is 0 Å². The minimum atomic E-state index is -1.14. The first-order valence-corrected chi connectivity index (χ1v) is 8.03. The fourth-order valence-electron chi connectivity index (χ4n) is 2.23. The minimum absolute atomic E-state index is 0.0286. The van der Waals surface area contributed by atoms with Gasteiger partial charge in [-0.05, 0) is 38.0 Å². The molecule has 2 rings (SSSR count). The number of aromatic carboxylic acids is 1. The fraction of sp³-hybridized carbons (Fsp3) is 0.333. The van der Waals surface area contributed by atoms with Crippen molar-refractivity contribution in [2.24, 2.45) is 0 Å². The normalized spacial score (nSPS) is 10.3. The van der Waals surface area contributed by atoms with E-state index in [4.69, 9.17) is 19.0 Å². The molecule has 0 fully saturated rings. The molecule has 0 saturated heterocycles. The van der Waals surface area contributed by atoms with Gasteiger partial charge in [-0.15, -0.1) is 0 Å². The number of rotatable bonds is 9. The lowest BCUT2D eigenvalue weighted by Gasteiger charge is -2.12. The van der Waals surface area contributed by atoms with E-state index in [9.17, 15) is 9.59 Å². The second-order valence-electron chi connectivity index (χ2n) is 5.16. The van der Waals surface area contributed by atoms with Crippen molar-refractivity contribution in [1.82, 2.24) is 5.32 Å². The van der Waals surface area contributed by atoms with Gasteiger partial charge in [-0.2, -0.15) is 0 Å². The van der Waals surface area contributed by atoms with Crippen LogP contribution in [0.1, 0.15) is 40.3 Å². The standard InChI is InChI=1S/C18H21NO6/c1-3-23-14-6-5-12(9-15(14)24-4-2)7-8-19-17(20)16-10-13(11-25-16)18(21)22/h5-6,9-11H,3-4,7-8H2,1-2H3,(H,19,20)(H,21,22). The Kier molecular flexibility index (Phi) is 6.45. The Morgan fingerprint density at radius 1 is 1.12 bits per heavy atom. The Labute approximate surface area is 145 Å². The van der Waals surface area contributed by atoms with Gasteiger partial charge >= 0.3 is 5.97 Å². The Morgan fingerprint density at radius 3 is 2.48 bits per heavy atom. The molecule has 1 aromatic carbocycles. The minimum Gasteiger partial charge on any atom is -0.490 e. The molecule has 0 aliphatic carbocycles. The van der Waals surface area contributed by atoms with Crippen LogP contribution in [0.15, 0.2) is 34.9 Å². The molecule has 0 unspecified atom stereocenters. The second-order valence-corrected chi connectivity index (χ2v) is 5.16. The van der Waals surface area contributed by atoms with Crippen molar-refractivity contribution in [2.45, 2.75) is 20.3 Å². The van der Waals surface area contributed by atoms with Crippen LogP contribution in [0.5, 0.6) is 11.5 Å². The molecule has 1 aromatic heterocycles. The van der Waals surface area contributed by atoms with Crippen LogP contribution in [0.25, 0.3) is 0 Å². The van der Waals surface area contributed by atoms with E-state index in [1.807, 2.05) is 32.0 Å². The summed E-state index contributed by atoms with van der Waals surface area (Å²) < 4.78 is 16.0. The van der Waals surface area contributed by atoms with Crippen LogP contribution in [-0.2, 0) is 6.42 Å². The molecule has 0 atom stereocenters. The summed E-state index contributed by atoms with van der Waals surface area (Å²) in [6, 6.07) is 6.84. The van der Waals surface area contributed by atoms with Gasteiger partial charge in [0, 0.05) is 12.6 Å². The molecular weight excluding hydrogens is 326 g/mol. The summed E-state index contributed by atoms with van der Waals surface area (Å²) in [5, 5.41) is 11.5. The number of furan rings is 1. The van der Waals surface area contributed by atoms with E-state index in [1.165, 1.54) is 6.07 Å². The first-order valence-electron chi connectivity index (χ1n) is 8.03. The van der Waals surface area contributed by atoms with Crippen molar-refractivity contribution >= 4 is 11.9 Å². The summed E-state index contributed by atoms with van der Waals surface area (Å²) in [5.74, 6) is -0.262. The highest BCUT2D eigenvalue weighted by Gasteiger charge is 2.14. The highest BCUT2D eigenvalue weighted by molar-refractivity contribution is 5.95. The highest BCUT2D eigenvalue weighted by atomic mass is 16.5. The van der Waals surface area contributed by atoms with Crippen LogP contribution in [0.3, 0.4) is 0 Å². The lowest BCUT2D eigenvalue weighted by atomic mass is 10.1.